The predicted molar refractivity (Wildman–Crippen MR) is 141 cm³/mol. The van der Waals surface area contributed by atoms with E-state index in [0.29, 0.717) is 18.8 Å². The lowest BCUT2D eigenvalue weighted by molar-refractivity contribution is 0.0698. The van der Waals surface area contributed by atoms with Crippen LogP contribution in [0.3, 0.4) is 0 Å². The highest BCUT2D eigenvalue weighted by Gasteiger charge is 2.36. The second-order valence-electron chi connectivity index (χ2n) is 10.8. The molecular weight excluding hydrogens is 450 g/mol. The molecule has 1 fully saturated rings. The van der Waals surface area contributed by atoms with E-state index in [1.807, 2.05) is 41.3 Å². The number of pyridine rings is 1. The van der Waals surface area contributed by atoms with Crippen molar-refractivity contribution in [2.24, 2.45) is 5.41 Å². The van der Waals surface area contributed by atoms with Crippen LogP contribution in [0, 0.1) is 5.41 Å². The molecule has 2 aliphatic heterocycles. The van der Waals surface area contributed by atoms with Crippen LogP contribution in [0.4, 0.5) is 5.82 Å². The fourth-order valence-corrected chi connectivity index (χ4v) is 6.07. The number of fused-ring (bicyclic) bond motifs is 1. The Hall–Kier alpha value is -3.74. The number of carbonyl (C=O) groups is 1. The summed E-state index contributed by atoms with van der Waals surface area (Å²) in [5.74, 6) is 0.933. The molecule has 7 nitrogen and oxygen atoms in total. The van der Waals surface area contributed by atoms with Gasteiger partial charge in [0.1, 0.15) is 17.8 Å². The molecule has 1 amide bonds. The molecule has 0 unspecified atom stereocenters. The van der Waals surface area contributed by atoms with Gasteiger partial charge in [0.25, 0.3) is 11.5 Å². The Morgan fingerprint density at radius 2 is 1.92 bits per heavy atom. The highest BCUT2D eigenvalue weighted by molar-refractivity contribution is 5.93. The van der Waals surface area contributed by atoms with Crippen LogP contribution in [0.15, 0.2) is 70.8 Å². The highest BCUT2D eigenvalue weighted by Crippen LogP contribution is 2.40. The lowest BCUT2D eigenvalue weighted by Crippen LogP contribution is -2.44. The molecule has 1 aliphatic carbocycles. The quantitative estimate of drug-likeness (QED) is 0.598. The van der Waals surface area contributed by atoms with Crippen LogP contribution in [-0.4, -0.2) is 51.9 Å². The number of H-pyrrole nitrogens is 1. The van der Waals surface area contributed by atoms with E-state index in [-0.39, 0.29) is 22.8 Å². The lowest BCUT2D eigenvalue weighted by Gasteiger charge is -2.39. The fraction of sp³-hybridized carbons (Fsp3) is 0.379. The smallest absolute Gasteiger partial charge is 0.272 e. The molecule has 2 aromatic heterocycles. The van der Waals surface area contributed by atoms with Crippen molar-refractivity contribution in [3.05, 3.63) is 87.6 Å². The van der Waals surface area contributed by atoms with Crippen molar-refractivity contribution in [1.29, 1.82) is 0 Å². The van der Waals surface area contributed by atoms with Crippen LogP contribution in [-0.2, 0) is 0 Å². The van der Waals surface area contributed by atoms with Crippen LogP contribution in [0.2, 0.25) is 0 Å². The van der Waals surface area contributed by atoms with Crippen molar-refractivity contribution >= 4 is 22.6 Å². The standard InChI is InChI=1S/C29H31N5O2/c1-29(2)17-34(16-21-7-5-8-23(21)29)28(36)25-15-26(31-18-30-25)33-12-10-19(11-13-33)22-14-20-6-3-4-9-24(20)32-27(22)35/h3-7,9,14-15,18-19H,8,10-13,16-17H2,1-2H3,(H,32,35). The molecular formula is C29H31N5O2. The molecule has 1 saturated heterocycles. The number of hydrogen-bond acceptors (Lipinski definition) is 5. The Kier molecular flexibility index (Phi) is 5.51. The summed E-state index contributed by atoms with van der Waals surface area (Å²) in [6.07, 6.45) is 8.56. The van der Waals surface area contributed by atoms with Gasteiger partial charge in [0.15, 0.2) is 0 Å². The summed E-state index contributed by atoms with van der Waals surface area (Å²) in [6, 6.07) is 11.8. The number of aromatic amines is 1. The van der Waals surface area contributed by atoms with E-state index in [0.717, 1.165) is 54.6 Å². The number of rotatable bonds is 3. The Bertz CT molecular complexity index is 1460. The molecule has 0 bridgehead atoms. The van der Waals surface area contributed by atoms with E-state index in [2.05, 4.69) is 45.9 Å². The first-order valence-corrected chi connectivity index (χ1v) is 12.8. The zero-order valence-electron chi connectivity index (χ0n) is 20.8. The number of amides is 1. The van der Waals surface area contributed by atoms with Gasteiger partial charge in [0.2, 0.25) is 0 Å². The first kappa shape index (κ1) is 22.7. The zero-order chi connectivity index (χ0) is 24.9. The number of anilines is 1. The van der Waals surface area contributed by atoms with Gasteiger partial charge in [-0.25, -0.2) is 9.97 Å². The number of nitrogens with one attached hydrogen (secondary N) is 1. The lowest BCUT2D eigenvalue weighted by atomic mass is 9.78. The van der Waals surface area contributed by atoms with Crippen LogP contribution in [0.5, 0.6) is 0 Å². The maximum atomic E-state index is 13.4. The molecule has 4 heterocycles. The van der Waals surface area contributed by atoms with E-state index in [1.165, 1.54) is 17.5 Å². The number of allylic oxidation sites excluding steroid dienone is 1. The van der Waals surface area contributed by atoms with Gasteiger partial charge in [-0.05, 0) is 48.3 Å². The summed E-state index contributed by atoms with van der Waals surface area (Å²) in [5, 5.41) is 1.06. The van der Waals surface area contributed by atoms with Crippen molar-refractivity contribution in [2.45, 2.75) is 39.0 Å². The second-order valence-corrected chi connectivity index (χ2v) is 10.8. The van der Waals surface area contributed by atoms with Crippen LogP contribution >= 0.6 is 0 Å². The number of nitrogens with zero attached hydrogens (tertiary/aromatic N) is 4. The molecule has 3 aromatic rings. The monoisotopic (exact) mass is 481 g/mol. The normalized spacial score (nSPS) is 19.7. The van der Waals surface area contributed by atoms with Gasteiger partial charge in [0, 0.05) is 48.7 Å². The van der Waals surface area contributed by atoms with Crippen LogP contribution in [0.25, 0.3) is 10.9 Å². The van der Waals surface area contributed by atoms with E-state index in [1.54, 1.807) is 0 Å². The summed E-state index contributed by atoms with van der Waals surface area (Å²) >= 11 is 0. The third-order valence-corrected chi connectivity index (χ3v) is 7.99. The van der Waals surface area contributed by atoms with Gasteiger partial charge in [-0.3, -0.25) is 9.59 Å². The zero-order valence-corrected chi connectivity index (χ0v) is 20.8. The highest BCUT2D eigenvalue weighted by atomic mass is 16.2. The first-order valence-electron chi connectivity index (χ1n) is 12.8. The van der Waals surface area contributed by atoms with Crippen molar-refractivity contribution in [3.8, 4) is 0 Å². The van der Waals surface area contributed by atoms with Crippen molar-refractivity contribution < 1.29 is 4.79 Å². The maximum Gasteiger partial charge on any atom is 0.272 e. The minimum Gasteiger partial charge on any atom is -0.356 e. The molecule has 7 heteroatoms. The maximum absolute atomic E-state index is 13.4. The van der Waals surface area contributed by atoms with Gasteiger partial charge in [0.05, 0.1) is 0 Å². The summed E-state index contributed by atoms with van der Waals surface area (Å²) < 4.78 is 0. The minimum absolute atomic E-state index is 0.00176. The third kappa shape index (κ3) is 4.02. The van der Waals surface area contributed by atoms with Gasteiger partial charge < -0.3 is 14.8 Å². The van der Waals surface area contributed by atoms with Crippen molar-refractivity contribution in [2.75, 3.05) is 31.1 Å². The number of carbonyl (C=O) groups excluding carboxylic acids is 1. The third-order valence-electron chi connectivity index (χ3n) is 7.99. The molecule has 1 aromatic carbocycles. The average Bonchev–Trinajstić information content (AvgIpc) is 3.38. The van der Waals surface area contributed by atoms with Crippen molar-refractivity contribution in [1.82, 2.24) is 19.9 Å². The second kappa shape index (κ2) is 8.73. The van der Waals surface area contributed by atoms with Gasteiger partial charge >= 0.3 is 0 Å². The topological polar surface area (TPSA) is 82.2 Å². The molecule has 36 heavy (non-hydrogen) atoms. The summed E-state index contributed by atoms with van der Waals surface area (Å²) in [4.78, 5) is 42.1. The number of piperidine rings is 1. The summed E-state index contributed by atoms with van der Waals surface area (Å²) in [5.41, 5.74) is 4.84. The summed E-state index contributed by atoms with van der Waals surface area (Å²) in [6.45, 7) is 7.31. The van der Waals surface area contributed by atoms with E-state index >= 15 is 0 Å². The number of para-hydroxylation sites is 1. The van der Waals surface area contributed by atoms with E-state index in [4.69, 9.17) is 0 Å². The molecule has 0 atom stereocenters. The molecule has 0 radical (unpaired) electrons. The van der Waals surface area contributed by atoms with Crippen LogP contribution in [0.1, 0.15) is 55.1 Å². The van der Waals surface area contributed by atoms with Gasteiger partial charge in [-0.15, -0.1) is 0 Å². The number of hydrogen-bond donors (Lipinski definition) is 1. The van der Waals surface area contributed by atoms with Crippen LogP contribution < -0.4 is 10.5 Å². The Balaban J connectivity index is 1.16. The van der Waals surface area contributed by atoms with Gasteiger partial charge in [-0.2, -0.15) is 0 Å². The minimum atomic E-state index is -0.0452. The van der Waals surface area contributed by atoms with Crippen molar-refractivity contribution in [3.63, 3.8) is 0 Å². The SMILES string of the molecule is CC1(C)CN(C(=O)c2cc(N3CCC(c4cc5ccccc5[nH]c4=O)CC3)ncn2)CC2=C1CC=C2. The largest absolute Gasteiger partial charge is 0.356 e. The van der Waals surface area contributed by atoms with Gasteiger partial charge in [-0.1, -0.05) is 49.8 Å². The van der Waals surface area contributed by atoms with E-state index in [9.17, 15) is 9.59 Å². The molecule has 1 N–H and O–H groups in total. The Morgan fingerprint density at radius 3 is 2.75 bits per heavy atom. The molecule has 6 rings (SSSR count). The molecule has 184 valence electrons. The Labute approximate surface area is 210 Å². The number of benzene rings is 1. The Morgan fingerprint density at radius 1 is 1.11 bits per heavy atom. The molecule has 0 spiro atoms. The molecule has 3 aliphatic rings. The predicted octanol–water partition coefficient (Wildman–Crippen LogP) is 4.44. The average molecular weight is 482 g/mol. The summed E-state index contributed by atoms with van der Waals surface area (Å²) in [7, 11) is 0. The van der Waals surface area contributed by atoms with E-state index < -0.39 is 0 Å². The molecule has 0 saturated carbocycles. The first-order chi connectivity index (χ1) is 17.4. The number of aromatic nitrogens is 3. The fourth-order valence-electron chi connectivity index (χ4n) is 6.07.